The van der Waals surface area contributed by atoms with E-state index in [0.29, 0.717) is 21.9 Å². The van der Waals surface area contributed by atoms with Crippen molar-refractivity contribution in [2.75, 3.05) is 6.61 Å². The van der Waals surface area contributed by atoms with Gasteiger partial charge in [-0.05, 0) is 93.4 Å². The van der Waals surface area contributed by atoms with E-state index in [2.05, 4.69) is 23.1 Å². The fourth-order valence-corrected chi connectivity index (χ4v) is 5.53. The summed E-state index contributed by atoms with van der Waals surface area (Å²) >= 11 is 1.31. The second-order valence-electron chi connectivity index (χ2n) is 10.3. The van der Waals surface area contributed by atoms with E-state index < -0.39 is 0 Å². The zero-order valence-corrected chi connectivity index (χ0v) is 24.8. The van der Waals surface area contributed by atoms with Crippen molar-refractivity contribution in [3.05, 3.63) is 105 Å². The number of hydrogen-bond acceptors (Lipinski definition) is 7. The second kappa shape index (κ2) is 11.6. The number of nitrogens with zero attached hydrogens (tertiary/aromatic N) is 5. The Morgan fingerprint density at radius 2 is 1.74 bits per heavy atom. The van der Waals surface area contributed by atoms with Gasteiger partial charge in [0.1, 0.15) is 17.2 Å². The summed E-state index contributed by atoms with van der Waals surface area (Å²) in [4.78, 5) is 18.6. The summed E-state index contributed by atoms with van der Waals surface area (Å²) in [6.45, 7) is 8.78. The van der Waals surface area contributed by atoms with Crippen LogP contribution in [0.2, 0.25) is 0 Å². The van der Waals surface area contributed by atoms with Crippen LogP contribution in [0.1, 0.15) is 38.3 Å². The molecule has 6 aromatic rings. The summed E-state index contributed by atoms with van der Waals surface area (Å²) in [5.74, 6) is 2.14. The molecule has 0 spiro atoms. The Morgan fingerprint density at radius 3 is 2.43 bits per heavy atom. The molecular formula is C33H31N5O3S. The fraction of sp³-hybridized carbons (Fsp3) is 0.212. The van der Waals surface area contributed by atoms with Gasteiger partial charge in [-0.1, -0.05) is 36.5 Å². The van der Waals surface area contributed by atoms with E-state index in [9.17, 15) is 4.79 Å². The molecule has 3 heterocycles. The minimum atomic E-state index is -0.216. The summed E-state index contributed by atoms with van der Waals surface area (Å²) in [7, 11) is 0. The highest BCUT2D eigenvalue weighted by Gasteiger charge is 2.16. The first-order valence-corrected chi connectivity index (χ1v) is 14.8. The third-order valence-corrected chi connectivity index (χ3v) is 7.59. The van der Waals surface area contributed by atoms with Crippen LogP contribution in [0.25, 0.3) is 39.4 Å². The summed E-state index contributed by atoms with van der Waals surface area (Å²) in [5.41, 5.74) is 5.07. The van der Waals surface area contributed by atoms with Gasteiger partial charge in [0.25, 0.3) is 5.56 Å². The topological polar surface area (TPSA) is 83.5 Å². The number of para-hydroxylation sites is 1. The number of hydrogen-bond donors (Lipinski definition) is 0. The van der Waals surface area contributed by atoms with E-state index in [1.165, 1.54) is 15.9 Å². The van der Waals surface area contributed by atoms with Gasteiger partial charge >= 0.3 is 0 Å². The Kier molecular flexibility index (Phi) is 7.58. The van der Waals surface area contributed by atoms with E-state index in [1.807, 2.05) is 104 Å². The number of fused-ring (bicyclic) bond motifs is 1. The molecule has 0 saturated carbocycles. The maximum Gasteiger partial charge on any atom is 0.291 e. The molecular weight excluding hydrogens is 546 g/mol. The van der Waals surface area contributed by atoms with Crippen LogP contribution in [0.4, 0.5) is 0 Å². The molecule has 0 unspecified atom stereocenters. The quantitative estimate of drug-likeness (QED) is 0.206. The van der Waals surface area contributed by atoms with Gasteiger partial charge < -0.3 is 9.47 Å². The molecule has 0 fully saturated rings. The smallest absolute Gasteiger partial charge is 0.291 e. The second-order valence-corrected chi connectivity index (χ2v) is 11.3. The molecule has 0 aliphatic rings. The number of aryl methyl sites for hydroxylation is 1. The van der Waals surface area contributed by atoms with Crippen molar-refractivity contribution in [2.45, 2.75) is 40.2 Å². The Morgan fingerprint density at radius 1 is 0.976 bits per heavy atom. The number of benzene rings is 3. The first-order chi connectivity index (χ1) is 20.4. The highest BCUT2D eigenvalue weighted by Crippen LogP contribution is 2.29. The molecule has 212 valence electrons. The zero-order chi connectivity index (χ0) is 29.2. The third-order valence-electron chi connectivity index (χ3n) is 6.63. The van der Waals surface area contributed by atoms with Crippen LogP contribution in [-0.4, -0.2) is 37.1 Å². The summed E-state index contributed by atoms with van der Waals surface area (Å²) in [6.07, 6.45) is 4.84. The first kappa shape index (κ1) is 27.4. The average Bonchev–Trinajstić information content (AvgIpc) is 3.68. The minimum absolute atomic E-state index is 0.0808. The minimum Gasteiger partial charge on any atom is -0.494 e. The van der Waals surface area contributed by atoms with E-state index in [1.54, 1.807) is 0 Å². The van der Waals surface area contributed by atoms with Gasteiger partial charge in [0, 0.05) is 22.9 Å². The zero-order valence-electron chi connectivity index (χ0n) is 23.9. The fourth-order valence-electron chi connectivity index (χ4n) is 4.63. The molecule has 0 amide bonds. The molecule has 0 aliphatic carbocycles. The van der Waals surface area contributed by atoms with Gasteiger partial charge in [-0.25, -0.2) is 4.68 Å². The molecule has 3 aromatic heterocycles. The lowest BCUT2D eigenvalue weighted by molar-refractivity contribution is 0.241. The van der Waals surface area contributed by atoms with Crippen molar-refractivity contribution in [3.8, 4) is 39.8 Å². The van der Waals surface area contributed by atoms with Gasteiger partial charge in [-0.15, -0.1) is 5.10 Å². The number of ether oxygens (including phenoxy) is 2. The van der Waals surface area contributed by atoms with Gasteiger partial charge in [0.15, 0.2) is 5.82 Å². The van der Waals surface area contributed by atoms with Crippen molar-refractivity contribution < 1.29 is 9.47 Å². The van der Waals surface area contributed by atoms with Crippen molar-refractivity contribution in [3.63, 3.8) is 0 Å². The molecule has 6 rings (SSSR count). The number of thiazole rings is 1. The van der Waals surface area contributed by atoms with Crippen LogP contribution < -0.4 is 19.6 Å². The predicted molar refractivity (Wildman–Crippen MR) is 167 cm³/mol. The molecule has 0 radical (unpaired) electrons. The van der Waals surface area contributed by atoms with Crippen molar-refractivity contribution in [2.24, 2.45) is 0 Å². The molecule has 42 heavy (non-hydrogen) atoms. The summed E-state index contributed by atoms with van der Waals surface area (Å²) in [5, 5.41) is 9.45. The normalized spacial score (nSPS) is 12.0. The molecule has 3 aromatic carbocycles. The molecule has 0 bridgehead atoms. The van der Waals surface area contributed by atoms with Crippen LogP contribution in [0.5, 0.6) is 11.5 Å². The average molecular weight is 578 g/mol. The van der Waals surface area contributed by atoms with Crippen molar-refractivity contribution >= 4 is 22.4 Å². The number of rotatable bonds is 9. The lowest BCUT2D eigenvalue weighted by Gasteiger charge is -2.13. The van der Waals surface area contributed by atoms with E-state index in [0.717, 1.165) is 51.6 Å². The van der Waals surface area contributed by atoms with Crippen LogP contribution >= 0.6 is 11.3 Å². The van der Waals surface area contributed by atoms with Gasteiger partial charge in [0.05, 0.1) is 22.9 Å². The molecule has 0 N–H and O–H groups in total. The summed E-state index contributed by atoms with van der Waals surface area (Å²) in [6, 6.07) is 23.6. The largest absolute Gasteiger partial charge is 0.494 e. The molecule has 0 atom stereocenters. The van der Waals surface area contributed by atoms with E-state index in [-0.39, 0.29) is 11.7 Å². The van der Waals surface area contributed by atoms with Crippen LogP contribution in [-0.2, 0) is 0 Å². The van der Waals surface area contributed by atoms with Crippen LogP contribution in [0.3, 0.4) is 0 Å². The lowest BCUT2D eigenvalue weighted by atomic mass is 10.0. The maximum atomic E-state index is 13.5. The molecule has 0 saturated heterocycles. The Labute approximate surface area is 247 Å². The SMILES string of the molecule is CCCOc1ccc(-c2nc3s/c(=C\c4cn(-c5ccccc5)nc4-c4ccc(OC(C)C)c(C)c4)c(=O)n3n2)cc1. The summed E-state index contributed by atoms with van der Waals surface area (Å²) < 4.78 is 15.4. The first-order valence-electron chi connectivity index (χ1n) is 14.0. The monoisotopic (exact) mass is 577 g/mol. The van der Waals surface area contributed by atoms with Crippen LogP contribution in [0.15, 0.2) is 83.8 Å². The highest BCUT2D eigenvalue weighted by molar-refractivity contribution is 7.15. The van der Waals surface area contributed by atoms with Crippen LogP contribution in [0, 0.1) is 6.92 Å². The van der Waals surface area contributed by atoms with Gasteiger partial charge in [0.2, 0.25) is 4.96 Å². The predicted octanol–water partition coefficient (Wildman–Crippen LogP) is 6.10. The highest BCUT2D eigenvalue weighted by atomic mass is 32.1. The molecule has 0 aliphatic heterocycles. The van der Waals surface area contributed by atoms with Crippen molar-refractivity contribution in [1.82, 2.24) is 24.4 Å². The Bertz CT molecular complexity index is 1960. The lowest BCUT2D eigenvalue weighted by Crippen LogP contribution is -2.23. The maximum absolute atomic E-state index is 13.5. The van der Waals surface area contributed by atoms with Gasteiger partial charge in [-0.3, -0.25) is 4.79 Å². The standard InChI is InChI=1S/C33H31N5O3S/c1-5-17-40-27-14-11-23(12-15-27)31-34-33-38(36-31)32(39)29(42-33)19-25-20-37(26-9-7-6-8-10-26)35-30(25)24-13-16-28(22(4)18-24)41-21(2)3/h6-16,18-21H,5,17H2,1-4H3/b29-19-. The Hall–Kier alpha value is -4.76. The van der Waals surface area contributed by atoms with E-state index >= 15 is 0 Å². The Balaban J connectivity index is 1.40. The van der Waals surface area contributed by atoms with Gasteiger partial charge in [-0.2, -0.15) is 14.6 Å². The van der Waals surface area contributed by atoms with Crippen molar-refractivity contribution in [1.29, 1.82) is 0 Å². The third kappa shape index (κ3) is 5.56. The molecule has 9 heteroatoms. The van der Waals surface area contributed by atoms with E-state index in [4.69, 9.17) is 14.6 Å². The molecule has 8 nitrogen and oxygen atoms in total. The number of aromatic nitrogens is 5.